The van der Waals surface area contributed by atoms with Crippen LogP contribution >= 0.6 is 0 Å². The second-order valence-corrected chi connectivity index (χ2v) is 7.49. The van der Waals surface area contributed by atoms with Gasteiger partial charge in [0.25, 0.3) is 0 Å². The van der Waals surface area contributed by atoms with Gasteiger partial charge >= 0.3 is 0 Å². The Morgan fingerprint density at radius 2 is 2.04 bits per heavy atom. The summed E-state index contributed by atoms with van der Waals surface area (Å²) >= 11 is 0. The molecule has 3 aromatic rings. The van der Waals surface area contributed by atoms with Crippen LogP contribution in [0.5, 0.6) is 0 Å². The van der Waals surface area contributed by atoms with Gasteiger partial charge in [0, 0.05) is 42.6 Å². The fraction of sp³-hybridized carbons (Fsp3) is 0.474. The molecule has 0 spiro atoms. The monoisotopic (exact) mass is 336 g/mol. The molecule has 0 amide bonds. The molecule has 25 heavy (non-hydrogen) atoms. The lowest BCUT2D eigenvalue weighted by atomic mass is 10.0. The van der Waals surface area contributed by atoms with Gasteiger partial charge in [0.15, 0.2) is 0 Å². The molecule has 0 unspecified atom stereocenters. The standard InChI is InChI=1S/C19H24N6/c20-18-17(23-13-5-8-25(9-6-13)11-12-3-4-12)16-14-2-1-7-21-19(14)24-15(16)10-22-18/h1-2,7,10,12-13,23H,3-6,8-9,11H2,(H2,20,22)(H,21,24). The summed E-state index contributed by atoms with van der Waals surface area (Å²) in [7, 11) is 0. The number of hydrogen-bond acceptors (Lipinski definition) is 5. The summed E-state index contributed by atoms with van der Waals surface area (Å²) in [6, 6.07) is 4.50. The Bertz CT molecular complexity index is 905. The first-order chi connectivity index (χ1) is 12.3. The number of rotatable bonds is 4. The number of piperidine rings is 1. The predicted octanol–water partition coefficient (Wildman–Crippen LogP) is 2.98. The van der Waals surface area contributed by atoms with Crippen LogP contribution in [0.2, 0.25) is 0 Å². The third kappa shape index (κ3) is 2.80. The quantitative estimate of drug-likeness (QED) is 0.682. The highest BCUT2D eigenvalue weighted by Crippen LogP contribution is 2.35. The maximum atomic E-state index is 6.24. The van der Waals surface area contributed by atoms with E-state index in [1.165, 1.54) is 32.5 Å². The molecule has 2 aliphatic rings. The third-order valence-electron chi connectivity index (χ3n) is 5.59. The van der Waals surface area contributed by atoms with Crippen molar-refractivity contribution in [3.8, 4) is 0 Å². The van der Waals surface area contributed by atoms with Crippen molar-refractivity contribution in [1.82, 2.24) is 19.9 Å². The fourth-order valence-corrected chi connectivity index (χ4v) is 4.01. The van der Waals surface area contributed by atoms with Gasteiger partial charge in [-0.05, 0) is 43.7 Å². The van der Waals surface area contributed by atoms with E-state index in [0.29, 0.717) is 11.9 Å². The van der Waals surface area contributed by atoms with Crippen molar-refractivity contribution in [2.75, 3.05) is 30.7 Å². The first kappa shape index (κ1) is 15.0. The van der Waals surface area contributed by atoms with Gasteiger partial charge in [-0.15, -0.1) is 0 Å². The van der Waals surface area contributed by atoms with E-state index in [2.05, 4.69) is 31.2 Å². The van der Waals surface area contributed by atoms with Crippen molar-refractivity contribution < 1.29 is 0 Å². The van der Waals surface area contributed by atoms with E-state index in [0.717, 1.165) is 46.4 Å². The Morgan fingerprint density at radius 1 is 1.20 bits per heavy atom. The molecule has 130 valence electrons. The molecule has 0 bridgehead atoms. The summed E-state index contributed by atoms with van der Waals surface area (Å²) in [5, 5.41) is 5.90. The first-order valence-corrected chi connectivity index (χ1v) is 9.27. The Balaban J connectivity index is 1.41. The summed E-state index contributed by atoms with van der Waals surface area (Å²) in [6.45, 7) is 3.64. The zero-order valence-electron chi connectivity index (χ0n) is 14.3. The molecule has 1 aliphatic heterocycles. The highest BCUT2D eigenvalue weighted by atomic mass is 15.1. The van der Waals surface area contributed by atoms with E-state index >= 15 is 0 Å². The molecule has 1 aliphatic carbocycles. The molecule has 0 aromatic carbocycles. The minimum atomic E-state index is 0.451. The average Bonchev–Trinajstić information content (AvgIpc) is 3.36. The lowest BCUT2D eigenvalue weighted by Crippen LogP contribution is -2.40. The number of nitrogens with zero attached hydrogens (tertiary/aromatic N) is 3. The van der Waals surface area contributed by atoms with Crippen molar-refractivity contribution >= 4 is 33.4 Å². The van der Waals surface area contributed by atoms with E-state index in [1.807, 2.05) is 6.07 Å². The summed E-state index contributed by atoms with van der Waals surface area (Å²) in [5.41, 5.74) is 9.06. The summed E-state index contributed by atoms with van der Waals surface area (Å²) in [6.07, 6.45) is 8.77. The SMILES string of the molecule is Nc1ncc2[nH]c3ncccc3c2c1NC1CCN(CC2CC2)CC1. The Kier molecular flexibility index (Phi) is 3.52. The van der Waals surface area contributed by atoms with Crippen LogP contribution in [0.3, 0.4) is 0 Å². The Labute approximate surface area is 146 Å². The van der Waals surface area contributed by atoms with Crippen molar-refractivity contribution in [1.29, 1.82) is 0 Å². The van der Waals surface area contributed by atoms with Gasteiger partial charge < -0.3 is 20.9 Å². The predicted molar refractivity (Wildman–Crippen MR) is 102 cm³/mol. The van der Waals surface area contributed by atoms with Crippen LogP contribution in [-0.2, 0) is 0 Å². The number of anilines is 2. The van der Waals surface area contributed by atoms with Crippen LogP contribution < -0.4 is 11.1 Å². The van der Waals surface area contributed by atoms with Crippen LogP contribution in [0.25, 0.3) is 21.9 Å². The van der Waals surface area contributed by atoms with Gasteiger partial charge in [-0.2, -0.15) is 0 Å². The zero-order chi connectivity index (χ0) is 16.8. The van der Waals surface area contributed by atoms with Crippen LogP contribution in [0.15, 0.2) is 24.5 Å². The van der Waals surface area contributed by atoms with Gasteiger partial charge in [-0.25, -0.2) is 9.97 Å². The highest BCUT2D eigenvalue weighted by molar-refractivity contribution is 6.14. The number of nitrogen functional groups attached to an aromatic ring is 1. The fourth-order valence-electron chi connectivity index (χ4n) is 4.01. The van der Waals surface area contributed by atoms with Crippen molar-refractivity contribution in [2.45, 2.75) is 31.7 Å². The molecule has 4 N–H and O–H groups in total. The number of likely N-dealkylation sites (tertiary alicyclic amines) is 1. The van der Waals surface area contributed by atoms with Crippen LogP contribution in [-0.4, -0.2) is 45.5 Å². The number of hydrogen-bond donors (Lipinski definition) is 3. The second kappa shape index (κ2) is 5.88. The van der Waals surface area contributed by atoms with Crippen LogP contribution in [0.4, 0.5) is 11.5 Å². The molecule has 6 heteroatoms. The van der Waals surface area contributed by atoms with Gasteiger partial charge in [0.1, 0.15) is 11.5 Å². The molecule has 5 rings (SSSR count). The summed E-state index contributed by atoms with van der Waals surface area (Å²) < 4.78 is 0. The van der Waals surface area contributed by atoms with Gasteiger partial charge in [-0.3, -0.25) is 0 Å². The van der Waals surface area contributed by atoms with Crippen LogP contribution in [0.1, 0.15) is 25.7 Å². The zero-order valence-corrected chi connectivity index (χ0v) is 14.3. The molecule has 3 aromatic heterocycles. The number of nitrogens with one attached hydrogen (secondary N) is 2. The molecule has 6 nitrogen and oxygen atoms in total. The van der Waals surface area contributed by atoms with E-state index in [4.69, 9.17) is 5.73 Å². The molecular weight excluding hydrogens is 312 g/mol. The molecule has 0 atom stereocenters. The lowest BCUT2D eigenvalue weighted by molar-refractivity contribution is 0.211. The Morgan fingerprint density at radius 3 is 2.84 bits per heavy atom. The molecule has 4 heterocycles. The summed E-state index contributed by atoms with van der Waals surface area (Å²) in [5.74, 6) is 1.54. The van der Waals surface area contributed by atoms with Gasteiger partial charge in [-0.1, -0.05) is 0 Å². The summed E-state index contributed by atoms with van der Waals surface area (Å²) in [4.78, 5) is 14.8. The largest absolute Gasteiger partial charge is 0.382 e. The molecular formula is C19H24N6. The maximum absolute atomic E-state index is 6.24. The molecule has 1 saturated heterocycles. The minimum Gasteiger partial charge on any atom is -0.382 e. The topological polar surface area (TPSA) is 82.9 Å². The molecule has 0 radical (unpaired) electrons. The van der Waals surface area contributed by atoms with E-state index in [-0.39, 0.29) is 0 Å². The van der Waals surface area contributed by atoms with Crippen LogP contribution in [0, 0.1) is 5.92 Å². The second-order valence-electron chi connectivity index (χ2n) is 7.49. The number of aromatic nitrogens is 3. The lowest BCUT2D eigenvalue weighted by Gasteiger charge is -2.33. The van der Waals surface area contributed by atoms with Gasteiger partial charge in [0.2, 0.25) is 0 Å². The third-order valence-corrected chi connectivity index (χ3v) is 5.59. The van der Waals surface area contributed by atoms with E-state index in [1.54, 1.807) is 12.4 Å². The van der Waals surface area contributed by atoms with Crippen molar-refractivity contribution in [3.05, 3.63) is 24.5 Å². The van der Waals surface area contributed by atoms with E-state index in [9.17, 15) is 0 Å². The Hall–Kier alpha value is -2.34. The number of H-pyrrole nitrogens is 1. The van der Waals surface area contributed by atoms with Crippen molar-refractivity contribution in [2.24, 2.45) is 5.92 Å². The number of fused-ring (bicyclic) bond motifs is 3. The minimum absolute atomic E-state index is 0.451. The number of pyridine rings is 2. The smallest absolute Gasteiger partial charge is 0.147 e. The average molecular weight is 336 g/mol. The number of nitrogens with two attached hydrogens (primary N) is 1. The van der Waals surface area contributed by atoms with Gasteiger partial charge in [0.05, 0.1) is 17.4 Å². The number of aromatic amines is 1. The maximum Gasteiger partial charge on any atom is 0.147 e. The molecule has 1 saturated carbocycles. The normalized spacial score (nSPS) is 19.7. The van der Waals surface area contributed by atoms with Crippen molar-refractivity contribution in [3.63, 3.8) is 0 Å². The molecule has 2 fully saturated rings. The highest BCUT2D eigenvalue weighted by Gasteiger charge is 2.27. The van der Waals surface area contributed by atoms with E-state index < -0.39 is 0 Å². The first-order valence-electron chi connectivity index (χ1n) is 9.27.